The highest BCUT2D eigenvalue weighted by atomic mass is 79.9. The summed E-state index contributed by atoms with van der Waals surface area (Å²) in [6.07, 6.45) is 4.75. The highest BCUT2D eigenvalue weighted by Crippen LogP contribution is 2.22. The van der Waals surface area contributed by atoms with Crippen molar-refractivity contribution in [2.24, 2.45) is 0 Å². The summed E-state index contributed by atoms with van der Waals surface area (Å²) >= 11 is 3.24. The lowest BCUT2D eigenvalue weighted by Crippen LogP contribution is -2.26. The molecule has 0 atom stereocenters. The fourth-order valence-electron chi connectivity index (χ4n) is 1.74. The first-order chi connectivity index (χ1) is 9.49. The zero-order valence-electron chi connectivity index (χ0n) is 10.6. The molecule has 0 aliphatic rings. The van der Waals surface area contributed by atoms with Crippen LogP contribution in [0, 0.1) is 0 Å². The van der Waals surface area contributed by atoms with Gasteiger partial charge in [0.2, 0.25) is 10.0 Å². The third-order valence-corrected chi connectivity index (χ3v) is 4.73. The van der Waals surface area contributed by atoms with Gasteiger partial charge in [0.15, 0.2) is 0 Å². The van der Waals surface area contributed by atoms with E-state index in [2.05, 4.69) is 30.6 Å². The van der Waals surface area contributed by atoms with E-state index in [-0.39, 0.29) is 10.6 Å². The van der Waals surface area contributed by atoms with Crippen molar-refractivity contribution in [1.29, 1.82) is 0 Å². The average Bonchev–Trinajstić information content (AvgIpc) is 2.87. The maximum Gasteiger partial charge on any atom is 0.242 e. The number of nitrogens with two attached hydrogens (primary N) is 1. The van der Waals surface area contributed by atoms with Crippen molar-refractivity contribution in [2.75, 3.05) is 12.3 Å². The molecule has 0 fully saturated rings. The van der Waals surface area contributed by atoms with Gasteiger partial charge in [-0.05, 0) is 24.6 Å². The molecule has 0 saturated heterocycles. The number of aryl methyl sites for hydroxylation is 1. The Bertz CT molecular complexity index is 671. The summed E-state index contributed by atoms with van der Waals surface area (Å²) in [4.78, 5) is 7.14. The third kappa shape index (κ3) is 3.81. The molecule has 8 heteroatoms. The minimum absolute atomic E-state index is 0.0960. The van der Waals surface area contributed by atoms with Crippen LogP contribution >= 0.6 is 15.9 Å². The summed E-state index contributed by atoms with van der Waals surface area (Å²) < 4.78 is 27.5. The molecular formula is C12H15BrN4O2S. The van der Waals surface area contributed by atoms with Crippen molar-refractivity contribution < 1.29 is 8.42 Å². The van der Waals surface area contributed by atoms with Crippen LogP contribution in [0.4, 0.5) is 5.69 Å². The lowest BCUT2D eigenvalue weighted by atomic mass is 10.3. The van der Waals surface area contributed by atoms with Gasteiger partial charge in [-0.2, -0.15) is 0 Å². The number of benzene rings is 1. The molecule has 0 spiro atoms. The van der Waals surface area contributed by atoms with Crippen LogP contribution in [0.15, 0.2) is 40.0 Å². The molecule has 0 saturated carbocycles. The first kappa shape index (κ1) is 15.0. The molecule has 0 aliphatic carbocycles. The van der Waals surface area contributed by atoms with Gasteiger partial charge in [-0.1, -0.05) is 15.9 Å². The predicted molar refractivity (Wildman–Crippen MR) is 80.7 cm³/mol. The summed E-state index contributed by atoms with van der Waals surface area (Å²) in [5, 5.41) is 0. The van der Waals surface area contributed by atoms with Crippen LogP contribution in [0.2, 0.25) is 0 Å². The largest absolute Gasteiger partial charge is 0.398 e. The molecule has 20 heavy (non-hydrogen) atoms. The number of halogens is 1. The summed E-state index contributed by atoms with van der Waals surface area (Å²) in [6.45, 7) is 0.332. The second-order valence-electron chi connectivity index (χ2n) is 4.22. The maximum absolute atomic E-state index is 12.1. The lowest BCUT2D eigenvalue weighted by molar-refractivity contribution is 0.578. The van der Waals surface area contributed by atoms with Gasteiger partial charge in [-0.15, -0.1) is 0 Å². The molecule has 0 amide bonds. The number of aromatic amines is 1. The number of aromatic nitrogens is 2. The lowest BCUT2D eigenvalue weighted by Gasteiger charge is -2.09. The first-order valence-corrected chi connectivity index (χ1v) is 8.29. The maximum atomic E-state index is 12.1. The predicted octanol–water partition coefficient (Wildman–Crippen LogP) is 1.67. The van der Waals surface area contributed by atoms with Crippen LogP contribution in [-0.2, 0) is 16.4 Å². The third-order valence-electron chi connectivity index (χ3n) is 2.70. The van der Waals surface area contributed by atoms with E-state index in [1.807, 2.05) is 0 Å². The molecule has 1 heterocycles. The number of sulfonamides is 1. The van der Waals surface area contributed by atoms with Gasteiger partial charge in [-0.25, -0.2) is 18.1 Å². The minimum Gasteiger partial charge on any atom is -0.398 e. The SMILES string of the molecule is Nc1cc(Br)ccc1S(=O)(=O)NCCCc1ncc[nH]1. The minimum atomic E-state index is -3.58. The van der Waals surface area contributed by atoms with Crippen LogP contribution in [-0.4, -0.2) is 24.9 Å². The second kappa shape index (κ2) is 6.38. The van der Waals surface area contributed by atoms with Crippen molar-refractivity contribution in [3.63, 3.8) is 0 Å². The topological polar surface area (TPSA) is 101 Å². The van der Waals surface area contributed by atoms with Crippen molar-refractivity contribution in [3.05, 3.63) is 40.9 Å². The van der Waals surface area contributed by atoms with E-state index in [4.69, 9.17) is 5.73 Å². The Morgan fingerprint density at radius 3 is 2.85 bits per heavy atom. The van der Waals surface area contributed by atoms with E-state index in [0.717, 1.165) is 10.3 Å². The van der Waals surface area contributed by atoms with Gasteiger partial charge >= 0.3 is 0 Å². The zero-order chi connectivity index (χ0) is 14.6. The van der Waals surface area contributed by atoms with Crippen LogP contribution < -0.4 is 10.5 Å². The van der Waals surface area contributed by atoms with E-state index in [1.165, 1.54) is 6.07 Å². The number of hydrogen-bond acceptors (Lipinski definition) is 4. The fraction of sp³-hybridized carbons (Fsp3) is 0.250. The monoisotopic (exact) mass is 358 g/mol. The Balaban J connectivity index is 1.93. The Morgan fingerprint density at radius 1 is 1.40 bits per heavy atom. The molecule has 0 aliphatic heterocycles. The molecule has 6 nitrogen and oxygen atoms in total. The van der Waals surface area contributed by atoms with Gasteiger partial charge in [0.05, 0.1) is 5.69 Å². The van der Waals surface area contributed by atoms with Crippen LogP contribution in [0.1, 0.15) is 12.2 Å². The first-order valence-electron chi connectivity index (χ1n) is 6.02. The quantitative estimate of drug-likeness (QED) is 0.539. The number of imidazole rings is 1. The number of H-pyrrole nitrogens is 1. The number of hydrogen-bond donors (Lipinski definition) is 3. The van der Waals surface area contributed by atoms with Crippen molar-refractivity contribution >= 4 is 31.6 Å². The Hall–Kier alpha value is -1.38. The van der Waals surface area contributed by atoms with Crippen molar-refractivity contribution in [3.8, 4) is 0 Å². The number of nitrogens with zero attached hydrogens (tertiary/aromatic N) is 1. The van der Waals surface area contributed by atoms with Gasteiger partial charge in [0.1, 0.15) is 10.7 Å². The summed E-state index contributed by atoms with van der Waals surface area (Å²) in [6, 6.07) is 4.69. The highest BCUT2D eigenvalue weighted by Gasteiger charge is 2.16. The number of nitrogens with one attached hydrogen (secondary N) is 2. The fourth-order valence-corrected chi connectivity index (χ4v) is 3.30. The van der Waals surface area contributed by atoms with Crippen LogP contribution in [0.5, 0.6) is 0 Å². The normalized spacial score (nSPS) is 11.7. The molecule has 108 valence electrons. The summed E-state index contributed by atoms with van der Waals surface area (Å²) in [5.74, 6) is 0.840. The summed E-state index contributed by atoms with van der Waals surface area (Å²) in [5.41, 5.74) is 5.95. The molecule has 0 unspecified atom stereocenters. The van der Waals surface area contributed by atoms with E-state index in [0.29, 0.717) is 19.4 Å². The molecule has 2 aromatic rings. The number of anilines is 1. The van der Waals surface area contributed by atoms with E-state index < -0.39 is 10.0 Å². The molecule has 4 N–H and O–H groups in total. The zero-order valence-corrected chi connectivity index (χ0v) is 13.0. The standard InChI is InChI=1S/C12H15BrN4O2S/c13-9-3-4-11(10(14)8-9)20(18,19)17-5-1-2-12-15-6-7-16-12/h3-4,6-8,17H,1-2,5,14H2,(H,15,16). The van der Waals surface area contributed by atoms with Gasteiger partial charge < -0.3 is 10.7 Å². The Labute approximate surface area is 126 Å². The van der Waals surface area contributed by atoms with Gasteiger partial charge in [0.25, 0.3) is 0 Å². The number of rotatable bonds is 6. The second-order valence-corrected chi connectivity index (χ2v) is 6.87. The van der Waals surface area contributed by atoms with Crippen molar-refractivity contribution in [2.45, 2.75) is 17.7 Å². The average molecular weight is 359 g/mol. The molecular weight excluding hydrogens is 344 g/mol. The molecule has 1 aromatic heterocycles. The molecule has 1 aromatic carbocycles. The van der Waals surface area contributed by atoms with E-state index >= 15 is 0 Å². The molecule has 0 bridgehead atoms. The Kier molecular flexibility index (Phi) is 4.79. The van der Waals surface area contributed by atoms with Gasteiger partial charge in [-0.3, -0.25) is 0 Å². The van der Waals surface area contributed by atoms with Crippen LogP contribution in [0.3, 0.4) is 0 Å². The van der Waals surface area contributed by atoms with Crippen molar-refractivity contribution in [1.82, 2.24) is 14.7 Å². The number of nitrogen functional groups attached to an aromatic ring is 1. The molecule has 2 rings (SSSR count). The summed E-state index contributed by atoms with van der Waals surface area (Å²) in [7, 11) is -3.58. The smallest absolute Gasteiger partial charge is 0.242 e. The van der Waals surface area contributed by atoms with E-state index in [1.54, 1.807) is 24.5 Å². The van der Waals surface area contributed by atoms with Gasteiger partial charge in [0, 0.05) is 29.8 Å². The van der Waals surface area contributed by atoms with Crippen LogP contribution in [0.25, 0.3) is 0 Å². The molecule has 0 radical (unpaired) electrons. The van der Waals surface area contributed by atoms with E-state index in [9.17, 15) is 8.42 Å². The highest BCUT2D eigenvalue weighted by molar-refractivity contribution is 9.10. The Morgan fingerprint density at radius 2 is 2.20 bits per heavy atom.